The molecular weight excluding hydrogens is 375 g/mol. The van der Waals surface area contributed by atoms with Gasteiger partial charge in [0.15, 0.2) is 0 Å². The predicted octanol–water partition coefficient (Wildman–Crippen LogP) is 3.57. The normalized spacial score (nSPS) is 18.3. The first-order chi connectivity index (χ1) is 12.4. The highest BCUT2D eigenvalue weighted by molar-refractivity contribution is 6.43. The highest BCUT2D eigenvalue weighted by Crippen LogP contribution is 2.34. The van der Waals surface area contributed by atoms with Crippen molar-refractivity contribution in [2.24, 2.45) is 0 Å². The van der Waals surface area contributed by atoms with Crippen molar-refractivity contribution >= 4 is 46.6 Å². The van der Waals surface area contributed by atoms with Crippen LogP contribution in [0, 0.1) is 0 Å². The zero-order chi connectivity index (χ0) is 18.6. The van der Waals surface area contributed by atoms with Gasteiger partial charge in [0.1, 0.15) is 6.54 Å². The number of rotatable bonds is 2. The number of anilines is 1. The molecule has 132 valence electrons. The summed E-state index contributed by atoms with van der Waals surface area (Å²) in [6, 6.07) is 10.4. The van der Waals surface area contributed by atoms with Gasteiger partial charge in [-0.2, -0.15) is 0 Å². The monoisotopic (exact) mass is 388 g/mol. The van der Waals surface area contributed by atoms with Crippen molar-refractivity contribution in [3.63, 3.8) is 0 Å². The number of benzene rings is 2. The number of amides is 3. The van der Waals surface area contributed by atoms with Crippen LogP contribution in [-0.2, 0) is 11.2 Å². The molecule has 4 rings (SSSR count). The topological polar surface area (TPSA) is 57.7 Å². The summed E-state index contributed by atoms with van der Waals surface area (Å²) >= 11 is 11.9. The molecule has 0 aromatic heterocycles. The Morgan fingerprint density at radius 3 is 2.27 bits per heavy atom. The number of halogens is 2. The molecule has 5 nitrogen and oxygen atoms in total. The third-order valence-corrected chi connectivity index (χ3v) is 5.50. The molecule has 3 amide bonds. The number of carbonyl (C=O) groups is 3. The molecule has 2 aromatic rings. The Morgan fingerprint density at radius 1 is 1.08 bits per heavy atom. The smallest absolute Gasteiger partial charge is 0.262 e. The Hall–Kier alpha value is -2.37. The third-order valence-electron chi connectivity index (χ3n) is 4.78. The Bertz CT molecular complexity index is 932. The molecule has 0 radical (unpaired) electrons. The Balaban J connectivity index is 1.61. The van der Waals surface area contributed by atoms with E-state index in [0.29, 0.717) is 0 Å². The lowest BCUT2D eigenvalue weighted by Crippen LogP contribution is -2.45. The molecular formula is C19H14Cl2N2O3. The molecule has 2 aliphatic rings. The van der Waals surface area contributed by atoms with Crippen molar-refractivity contribution in [3.8, 4) is 0 Å². The van der Waals surface area contributed by atoms with Crippen molar-refractivity contribution in [1.82, 2.24) is 4.90 Å². The average Bonchev–Trinajstić information content (AvgIpc) is 3.05. The highest BCUT2D eigenvalue weighted by Gasteiger charge is 2.40. The molecule has 1 atom stereocenters. The second kappa shape index (κ2) is 6.11. The van der Waals surface area contributed by atoms with Gasteiger partial charge in [0.25, 0.3) is 11.8 Å². The molecule has 0 unspecified atom stereocenters. The van der Waals surface area contributed by atoms with Crippen molar-refractivity contribution in [1.29, 1.82) is 0 Å². The van der Waals surface area contributed by atoms with Gasteiger partial charge in [0.2, 0.25) is 5.91 Å². The summed E-state index contributed by atoms with van der Waals surface area (Å²) in [5.74, 6) is -1.36. The van der Waals surface area contributed by atoms with E-state index in [1.165, 1.54) is 12.1 Å². The fourth-order valence-electron chi connectivity index (χ4n) is 3.58. The first-order valence-corrected chi connectivity index (χ1v) is 8.89. The summed E-state index contributed by atoms with van der Waals surface area (Å²) in [5, 5.41) is 0.392. The Morgan fingerprint density at radius 2 is 1.65 bits per heavy atom. The molecule has 0 saturated heterocycles. The first kappa shape index (κ1) is 17.1. The van der Waals surface area contributed by atoms with Gasteiger partial charge in [-0.15, -0.1) is 0 Å². The lowest BCUT2D eigenvalue weighted by atomic mass is 10.1. The van der Waals surface area contributed by atoms with Crippen LogP contribution in [0.15, 0.2) is 36.4 Å². The van der Waals surface area contributed by atoms with E-state index in [0.717, 1.165) is 22.6 Å². The van der Waals surface area contributed by atoms with Crippen LogP contribution in [0.2, 0.25) is 10.0 Å². The standard InChI is InChI=1S/C19H14Cl2N2O3/c1-10-6-11-4-2-3-5-16(11)23(10)17(24)9-22-18(25)12-7-14(20)15(21)8-13(12)19(22)26/h2-5,7-8,10H,6,9H2,1H3/t10-/m1/s1. The molecule has 0 aliphatic carbocycles. The number of hydrogen-bond donors (Lipinski definition) is 0. The van der Waals surface area contributed by atoms with E-state index in [9.17, 15) is 14.4 Å². The van der Waals surface area contributed by atoms with Gasteiger partial charge in [-0.1, -0.05) is 41.4 Å². The summed E-state index contributed by atoms with van der Waals surface area (Å²) in [6.07, 6.45) is 0.745. The lowest BCUT2D eigenvalue weighted by Gasteiger charge is -2.25. The van der Waals surface area contributed by atoms with E-state index < -0.39 is 11.8 Å². The average molecular weight is 389 g/mol. The van der Waals surface area contributed by atoms with Crippen LogP contribution in [0.5, 0.6) is 0 Å². The van der Waals surface area contributed by atoms with E-state index >= 15 is 0 Å². The van der Waals surface area contributed by atoms with Crippen molar-refractivity contribution in [2.45, 2.75) is 19.4 Å². The zero-order valence-corrected chi connectivity index (χ0v) is 15.3. The highest BCUT2D eigenvalue weighted by atomic mass is 35.5. The quantitative estimate of drug-likeness (QED) is 0.738. The number of para-hydroxylation sites is 1. The van der Waals surface area contributed by atoms with Crippen LogP contribution in [0.4, 0.5) is 5.69 Å². The molecule has 0 spiro atoms. The van der Waals surface area contributed by atoms with E-state index in [-0.39, 0.29) is 39.7 Å². The third kappa shape index (κ3) is 2.50. The molecule has 2 aliphatic heterocycles. The fourth-order valence-corrected chi connectivity index (χ4v) is 3.91. The summed E-state index contributed by atoms with van der Waals surface area (Å²) in [6.45, 7) is 1.63. The van der Waals surface area contributed by atoms with Crippen molar-refractivity contribution in [3.05, 3.63) is 63.1 Å². The Kier molecular flexibility index (Phi) is 4.01. The van der Waals surface area contributed by atoms with Gasteiger partial charge in [-0.3, -0.25) is 19.3 Å². The maximum atomic E-state index is 12.9. The van der Waals surface area contributed by atoms with Gasteiger partial charge in [0.05, 0.1) is 21.2 Å². The van der Waals surface area contributed by atoms with Crippen LogP contribution in [0.3, 0.4) is 0 Å². The Labute approximate surface area is 160 Å². The minimum atomic E-state index is -0.531. The summed E-state index contributed by atoms with van der Waals surface area (Å²) in [5.41, 5.74) is 2.25. The molecule has 2 heterocycles. The van der Waals surface area contributed by atoms with Gasteiger partial charge in [-0.05, 0) is 37.1 Å². The first-order valence-electron chi connectivity index (χ1n) is 8.13. The molecule has 0 saturated carbocycles. The van der Waals surface area contributed by atoms with Crippen LogP contribution >= 0.6 is 23.2 Å². The molecule has 26 heavy (non-hydrogen) atoms. The number of imide groups is 1. The largest absolute Gasteiger partial charge is 0.307 e. The number of carbonyl (C=O) groups excluding carboxylic acids is 3. The minimum Gasteiger partial charge on any atom is -0.307 e. The summed E-state index contributed by atoms with van der Waals surface area (Å²) < 4.78 is 0. The van der Waals surface area contributed by atoms with Crippen LogP contribution in [-0.4, -0.2) is 35.2 Å². The summed E-state index contributed by atoms with van der Waals surface area (Å²) in [4.78, 5) is 40.6. The second-order valence-corrected chi connectivity index (χ2v) is 7.27. The SMILES string of the molecule is C[C@@H]1Cc2ccccc2N1C(=O)CN1C(=O)c2cc(Cl)c(Cl)cc2C1=O. The minimum absolute atomic E-state index is 0.0287. The lowest BCUT2D eigenvalue weighted by molar-refractivity contribution is -0.119. The number of hydrogen-bond acceptors (Lipinski definition) is 3. The van der Waals surface area contributed by atoms with Crippen LogP contribution < -0.4 is 4.90 Å². The fraction of sp³-hybridized carbons (Fsp3) is 0.211. The van der Waals surface area contributed by atoms with E-state index in [4.69, 9.17) is 23.2 Å². The predicted molar refractivity (Wildman–Crippen MR) is 98.9 cm³/mol. The molecule has 2 aromatic carbocycles. The van der Waals surface area contributed by atoms with Crippen LogP contribution in [0.1, 0.15) is 33.2 Å². The van der Waals surface area contributed by atoms with Crippen molar-refractivity contribution in [2.75, 3.05) is 11.4 Å². The molecule has 7 heteroatoms. The zero-order valence-electron chi connectivity index (χ0n) is 13.8. The maximum Gasteiger partial charge on any atom is 0.262 e. The molecule has 0 fully saturated rings. The maximum absolute atomic E-state index is 12.9. The number of fused-ring (bicyclic) bond motifs is 2. The number of nitrogens with zero attached hydrogens (tertiary/aromatic N) is 2. The molecule has 0 bridgehead atoms. The van der Waals surface area contributed by atoms with Gasteiger partial charge in [-0.25, -0.2) is 0 Å². The van der Waals surface area contributed by atoms with Gasteiger partial charge < -0.3 is 4.90 Å². The van der Waals surface area contributed by atoms with Gasteiger partial charge >= 0.3 is 0 Å². The van der Waals surface area contributed by atoms with Crippen LogP contribution in [0.25, 0.3) is 0 Å². The second-order valence-electron chi connectivity index (χ2n) is 6.45. The molecule has 0 N–H and O–H groups in total. The summed E-state index contributed by atoms with van der Waals surface area (Å²) in [7, 11) is 0. The van der Waals surface area contributed by atoms with E-state index in [1.807, 2.05) is 31.2 Å². The van der Waals surface area contributed by atoms with Gasteiger partial charge in [0, 0.05) is 11.7 Å². The van der Waals surface area contributed by atoms with Crippen molar-refractivity contribution < 1.29 is 14.4 Å². The van der Waals surface area contributed by atoms with E-state index in [2.05, 4.69) is 0 Å². The van der Waals surface area contributed by atoms with E-state index in [1.54, 1.807) is 4.90 Å².